The molecule has 4 aliphatic rings. The van der Waals surface area contributed by atoms with Crippen LogP contribution in [0.5, 0.6) is 0 Å². The van der Waals surface area contributed by atoms with Gasteiger partial charge in [-0.15, -0.1) is 0 Å². The first-order valence-electron chi connectivity index (χ1n) is 43.8. The summed E-state index contributed by atoms with van der Waals surface area (Å²) < 4.78 is 0. The van der Waals surface area contributed by atoms with Crippen LogP contribution in [0.1, 0.15) is 428 Å². The van der Waals surface area contributed by atoms with E-state index in [0.29, 0.717) is 0 Å². The standard InChI is InChI=1S/4C20H41N.C8H10O8/c4*1-18(2)16-20-14-11-13-19(17-20)12-9-7-5-3-4-6-8-10-15-21;9-5(10)1-3(7(13)14)4(8(15)16)2-6(11)12/h4*18-20H,3-17,21H2,1-2H3;3-4H,1-2H2,(H,9,10)(H,11,12)(H,13,14)(H,15,16). The summed E-state index contributed by atoms with van der Waals surface area (Å²) in [6.07, 6.45) is 79.5. The van der Waals surface area contributed by atoms with Gasteiger partial charge in [-0.2, -0.15) is 0 Å². The maximum absolute atomic E-state index is 10.6. The molecular weight excluding hydrogens is 1240 g/mol. The lowest BCUT2D eigenvalue weighted by Gasteiger charge is -2.30. The van der Waals surface area contributed by atoms with E-state index in [1.807, 2.05) is 0 Å². The summed E-state index contributed by atoms with van der Waals surface area (Å²) in [5.74, 6) is 2.23. The molecule has 12 heteroatoms. The normalized spacial score (nSPS) is 21.4. The first-order valence-corrected chi connectivity index (χ1v) is 43.8. The van der Waals surface area contributed by atoms with E-state index in [1.165, 1.54) is 360 Å². The molecule has 10 unspecified atom stereocenters. The van der Waals surface area contributed by atoms with Crippen molar-refractivity contribution in [2.75, 3.05) is 26.2 Å². The highest BCUT2D eigenvalue weighted by Gasteiger charge is 2.37. The van der Waals surface area contributed by atoms with Crippen LogP contribution < -0.4 is 22.9 Å². The second-order valence-electron chi connectivity index (χ2n) is 34.8. The zero-order chi connectivity index (χ0) is 74.2. The number of rotatable bonds is 55. The molecule has 0 bridgehead atoms. The number of hydrogen-bond acceptors (Lipinski definition) is 8. The Labute approximate surface area is 620 Å². The first-order chi connectivity index (χ1) is 48.1. The third-order valence-electron chi connectivity index (χ3n) is 23.0. The Morgan fingerprint density at radius 1 is 0.260 bits per heavy atom. The van der Waals surface area contributed by atoms with E-state index in [0.717, 1.165) is 97.2 Å². The predicted molar refractivity (Wildman–Crippen MR) is 429 cm³/mol. The molecule has 0 radical (unpaired) electrons. The Hall–Kier alpha value is -2.28. The molecule has 4 saturated carbocycles. The topological polar surface area (TPSA) is 253 Å². The van der Waals surface area contributed by atoms with Gasteiger partial charge in [-0.1, -0.05) is 338 Å². The molecule has 0 aromatic carbocycles. The van der Waals surface area contributed by atoms with Crippen LogP contribution in [0, 0.1) is 82.9 Å². The molecule has 0 saturated heterocycles. The van der Waals surface area contributed by atoms with E-state index in [-0.39, 0.29) is 0 Å². The summed E-state index contributed by atoms with van der Waals surface area (Å²) in [4.78, 5) is 41.9. The minimum absolute atomic E-state index is 0.874. The van der Waals surface area contributed by atoms with Gasteiger partial charge in [-0.25, -0.2) is 0 Å². The fraction of sp³-hybridized carbons (Fsp3) is 0.955. The summed E-state index contributed by atoms with van der Waals surface area (Å²) >= 11 is 0. The van der Waals surface area contributed by atoms with Crippen molar-refractivity contribution in [2.24, 2.45) is 106 Å². The minimum Gasteiger partial charge on any atom is -0.481 e. The molecule has 0 aromatic heterocycles. The SMILES string of the molecule is CC(C)CC1CCCC(CCCCCCCCCCN)C1.CC(C)CC1CCCC(CCCCCCCCCCN)C1.CC(C)CC1CCCC(CCCCCCCCCCN)C1.CC(C)CC1CCCC(CCCCCCCCCCN)C1.O=C(O)CC(C(=O)O)C(CC(=O)O)C(=O)O. The van der Waals surface area contributed by atoms with Crippen LogP contribution in [0.15, 0.2) is 0 Å². The molecule has 12 N–H and O–H groups in total. The van der Waals surface area contributed by atoms with Crippen molar-refractivity contribution in [3.8, 4) is 0 Å². The van der Waals surface area contributed by atoms with Crippen molar-refractivity contribution in [1.82, 2.24) is 0 Å². The first kappa shape index (κ1) is 97.7. The quantitative estimate of drug-likeness (QED) is 0.0265. The zero-order valence-electron chi connectivity index (χ0n) is 67.7. The second-order valence-corrected chi connectivity index (χ2v) is 34.8. The largest absolute Gasteiger partial charge is 0.481 e. The van der Waals surface area contributed by atoms with Crippen LogP contribution in [0.4, 0.5) is 0 Å². The average molecular weight is 1420 g/mol. The summed E-state index contributed by atoms with van der Waals surface area (Å²) in [5.41, 5.74) is 22.1. The number of carboxylic acid groups (broad SMARTS) is 4. The van der Waals surface area contributed by atoms with Crippen LogP contribution in [0.2, 0.25) is 0 Å². The molecule has 100 heavy (non-hydrogen) atoms. The van der Waals surface area contributed by atoms with Gasteiger partial charge in [0.25, 0.3) is 0 Å². The van der Waals surface area contributed by atoms with Crippen molar-refractivity contribution < 1.29 is 39.6 Å². The van der Waals surface area contributed by atoms with Crippen molar-refractivity contribution in [3.63, 3.8) is 0 Å². The van der Waals surface area contributed by atoms with E-state index in [9.17, 15) is 19.2 Å². The highest BCUT2D eigenvalue weighted by molar-refractivity contribution is 5.86. The van der Waals surface area contributed by atoms with Crippen molar-refractivity contribution in [1.29, 1.82) is 0 Å². The number of carboxylic acids is 4. The number of unbranched alkanes of at least 4 members (excludes halogenated alkanes) is 28. The van der Waals surface area contributed by atoms with Crippen LogP contribution in [0.3, 0.4) is 0 Å². The summed E-state index contributed by atoms with van der Waals surface area (Å²) in [5, 5.41) is 34.1. The molecule has 0 aromatic rings. The Morgan fingerprint density at radius 2 is 0.420 bits per heavy atom. The van der Waals surface area contributed by atoms with E-state index in [1.54, 1.807) is 0 Å². The lowest BCUT2D eigenvalue weighted by molar-refractivity contribution is -0.160. The highest BCUT2D eigenvalue weighted by atomic mass is 16.4. The van der Waals surface area contributed by atoms with Gasteiger partial charge in [0.15, 0.2) is 0 Å². The molecule has 4 rings (SSSR count). The van der Waals surface area contributed by atoms with Gasteiger partial charge >= 0.3 is 23.9 Å². The number of hydrogen-bond donors (Lipinski definition) is 8. The fourth-order valence-electron chi connectivity index (χ4n) is 17.9. The molecule has 0 amide bonds. The molecule has 12 nitrogen and oxygen atoms in total. The number of nitrogens with two attached hydrogens (primary N) is 4. The lowest BCUT2D eigenvalue weighted by atomic mass is 9.76. The van der Waals surface area contributed by atoms with Gasteiger partial charge in [0.05, 0.1) is 24.7 Å². The molecule has 10 atom stereocenters. The highest BCUT2D eigenvalue weighted by Crippen LogP contribution is 2.39. The average Bonchev–Trinajstić information content (AvgIpc) is 0.885. The zero-order valence-corrected chi connectivity index (χ0v) is 67.7. The summed E-state index contributed by atoms with van der Waals surface area (Å²) in [6, 6.07) is 0. The Bertz CT molecular complexity index is 1610. The predicted octanol–water partition coefficient (Wildman–Crippen LogP) is 24.6. The van der Waals surface area contributed by atoms with Crippen molar-refractivity contribution in [2.45, 2.75) is 428 Å². The van der Waals surface area contributed by atoms with Gasteiger partial charge in [0, 0.05) is 0 Å². The van der Waals surface area contributed by atoms with Crippen LogP contribution in [0.25, 0.3) is 0 Å². The smallest absolute Gasteiger partial charge is 0.307 e. The van der Waals surface area contributed by atoms with Crippen LogP contribution >= 0.6 is 0 Å². The van der Waals surface area contributed by atoms with E-state index < -0.39 is 48.6 Å². The van der Waals surface area contributed by atoms with Gasteiger partial charge < -0.3 is 43.4 Å². The third-order valence-corrected chi connectivity index (χ3v) is 23.0. The lowest BCUT2D eigenvalue weighted by Crippen LogP contribution is -2.33. The Morgan fingerprint density at radius 3 is 0.570 bits per heavy atom. The van der Waals surface area contributed by atoms with Gasteiger partial charge in [0.2, 0.25) is 0 Å². The summed E-state index contributed by atoms with van der Waals surface area (Å²) in [7, 11) is 0. The monoisotopic (exact) mass is 1420 g/mol. The van der Waals surface area contributed by atoms with Gasteiger partial charge in [-0.3, -0.25) is 19.2 Å². The summed E-state index contributed by atoms with van der Waals surface area (Å²) in [6.45, 7) is 22.6. The van der Waals surface area contributed by atoms with Gasteiger partial charge in [0.1, 0.15) is 0 Å². The second kappa shape index (κ2) is 68.5. The molecule has 594 valence electrons. The minimum atomic E-state index is -1.76. The Balaban J connectivity index is 0.00000123. The fourth-order valence-corrected chi connectivity index (χ4v) is 17.9. The van der Waals surface area contributed by atoms with Gasteiger partial charge in [-0.05, 0) is 174 Å². The molecule has 4 fully saturated rings. The Kier molecular flexibility index (Phi) is 67.0. The van der Waals surface area contributed by atoms with Crippen LogP contribution in [-0.2, 0) is 19.2 Å². The van der Waals surface area contributed by atoms with E-state index >= 15 is 0 Å². The molecule has 0 heterocycles. The van der Waals surface area contributed by atoms with Crippen molar-refractivity contribution in [3.05, 3.63) is 0 Å². The molecule has 0 spiro atoms. The van der Waals surface area contributed by atoms with E-state index in [2.05, 4.69) is 55.4 Å². The molecular formula is C88H174N4O8. The van der Waals surface area contributed by atoms with E-state index in [4.69, 9.17) is 43.4 Å². The maximum Gasteiger partial charge on any atom is 0.307 e. The number of aliphatic carboxylic acids is 4. The maximum atomic E-state index is 10.6. The molecule has 4 aliphatic carbocycles. The van der Waals surface area contributed by atoms with Crippen molar-refractivity contribution >= 4 is 23.9 Å². The third kappa shape index (κ3) is 62.0. The van der Waals surface area contributed by atoms with Crippen LogP contribution in [-0.4, -0.2) is 70.5 Å². The number of carbonyl (C=O) groups is 4. The molecule has 0 aliphatic heterocycles.